The summed E-state index contributed by atoms with van der Waals surface area (Å²) in [6.07, 6.45) is 0. The summed E-state index contributed by atoms with van der Waals surface area (Å²) in [5.41, 5.74) is 2.47. The minimum absolute atomic E-state index is 0.946. The number of benzene rings is 1. The van der Waals surface area contributed by atoms with Crippen molar-refractivity contribution in [3.05, 3.63) is 45.9 Å². The Hall–Kier alpha value is -0.840. The summed E-state index contributed by atoms with van der Waals surface area (Å²) in [7, 11) is 0. The first kappa shape index (κ1) is 13.6. The van der Waals surface area contributed by atoms with Crippen LogP contribution < -0.4 is 5.32 Å². The number of nitrogens with zero attached hydrogens (tertiary/aromatic N) is 1. The van der Waals surface area contributed by atoms with Gasteiger partial charge in [0.1, 0.15) is 5.01 Å². The van der Waals surface area contributed by atoms with E-state index in [1.165, 1.54) is 15.5 Å². The van der Waals surface area contributed by atoms with E-state index in [9.17, 15) is 0 Å². The third-order valence-corrected chi connectivity index (χ3v) is 4.66. The average molecular weight is 278 g/mol. The molecule has 0 aliphatic heterocycles. The largest absolute Gasteiger partial charge is 0.313 e. The molecule has 0 atom stereocenters. The summed E-state index contributed by atoms with van der Waals surface area (Å²) in [5, 5.41) is 6.66. The maximum absolute atomic E-state index is 4.48. The smallest absolute Gasteiger partial charge is 0.103 e. The first-order valence-corrected chi connectivity index (χ1v) is 7.98. The molecule has 1 aromatic heterocycles. The molecule has 0 amide bonds. The van der Waals surface area contributed by atoms with Gasteiger partial charge in [0.25, 0.3) is 0 Å². The van der Waals surface area contributed by atoms with Gasteiger partial charge in [-0.3, -0.25) is 0 Å². The quantitative estimate of drug-likeness (QED) is 0.812. The summed E-state index contributed by atoms with van der Waals surface area (Å²) in [6.45, 7) is 6.13. The number of nitrogens with one attached hydrogen (secondary N) is 1. The third-order valence-electron chi connectivity index (χ3n) is 2.51. The molecule has 4 heteroatoms. The van der Waals surface area contributed by atoms with Crippen molar-refractivity contribution < 1.29 is 0 Å². The van der Waals surface area contributed by atoms with E-state index in [4.69, 9.17) is 0 Å². The SMILES string of the molecule is CCNCc1cccc(SCc2nc(C)cs2)c1. The lowest BCUT2D eigenvalue weighted by Crippen LogP contribution is -2.11. The highest BCUT2D eigenvalue weighted by molar-refractivity contribution is 7.98. The van der Waals surface area contributed by atoms with Gasteiger partial charge in [-0.15, -0.1) is 23.1 Å². The van der Waals surface area contributed by atoms with E-state index in [-0.39, 0.29) is 0 Å². The molecule has 2 rings (SSSR count). The molecule has 1 aromatic carbocycles. The minimum Gasteiger partial charge on any atom is -0.313 e. The summed E-state index contributed by atoms with van der Waals surface area (Å²) in [6, 6.07) is 8.72. The Morgan fingerprint density at radius 2 is 2.28 bits per heavy atom. The zero-order valence-electron chi connectivity index (χ0n) is 10.8. The predicted molar refractivity (Wildman–Crippen MR) is 80.2 cm³/mol. The lowest BCUT2D eigenvalue weighted by atomic mass is 10.2. The number of rotatable bonds is 6. The Bertz CT molecular complexity index is 494. The summed E-state index contributed by atoms with van der Waals surface area (Å²) < 4.78 is 0. The van der Waals surface area contributed by atoms with Gasteiger partial charge < -0.3 is 5.32 Å². The van der Waals surface area contributed by atoms with Crippen LogP contribution in [0.2, 0.25) is 0 Å². The van der Waals surface area contributed by atoms with Crippen LogP contribution in [-0.2, 0) is 12.3 Å². The van der Waals surface area contributed by atoms with Gasteiger partial charge in [0.05, 0.1) is 5.75 Å². The highest BCUT2D eigenvalue weighted by Crippen LogP contribution is 2.25. The van der Waals surface area contributed by atoms with Gasteiger partial charge in [-0.1, -0.05) is 19.1 Å². The van der Waals surface area contributed by atoms with Crippen LogP contribution in [0, 0.1) is 6.92 Å². The first-order valence-electron chi connectivity index (χ1n) is 6.11. The number of aromatic nitrogens is 1. The van der Waals surface area contributed by atoms with Crippen LogP contribution in [-0.4, -0.2) is 11.5 Å². The van der Waals surface area contributed by atoms with Crippen LogP contribution in [0.15, 0.2) is 34.5 Å². The Morgan fingerprint density at radius 1 is 1.39 bits per heavy atom. The van der Waals surface area contributed by atoms with Gasteiger partial charge >= 0.3 is 0 Å². The number of hydrogen-bond donors (Lipinski definition) is 1. The molecule has 0 radical (unpaired) electrons. The normalized spacial score (nSPS) is 10.8. The van der Waals surface area contributed by atoms with Crippen LogP contribution in [0.5, 0.6) is 0 Å². The molecule has 0 bridgehead atoms. The molecule has 2 aromatic rings. The maximum Gasteiger partial charge on any atom is 0.103 e. The van der Waals surface area contributed by atoms with E-state index in [2.05, 4.69) is 46.9 Å². The van der Waals surface area contributed by atoms with Crippen LogP contribution in [0.25, 0.3) is 0 Å². The van der Waals surface area contributed by atoms with Gasteiger partial charge in [0.15, 0.2) is 0 Å². The fourth-order valence-corrected chi connectivity index (χ4v) is 3.40. The zero-order chi connectivity index (χ0) is 12.8. The van der Waals surface area contributed by atoms with Gasteiger partial charge in [0.2, 0.25) is 0 Å². The molecular weight excluding hydrogens is 260 g/mol. The van der Waals surface area contributed by atoms with Crippen LogP contribution in [0.4, 0.5) is 0 Å². The van der Waals surface area contributed by atoms with Crippen LogP contribution in [0.3, 0.4) is 0 Å². The van der Waals surface area contributed by atoms with Crippen molar-refractivity contribution >= 4 is 23.1 Å². The van der Waals surface area contributed by atoms with Gasteiger partial charge in [-0.25, -0.2) is 4.98 Å². The van der Waals surface area contributed by atoms with Crippen molar-refractivity contribution in [2.75, 3.05) is 6.54 Å². The lowest BCUT2D eigenvalue weighted by Gasteiger charge is -2.05. The molecule has 2 nitrogen and oxygen atoms in total. The van der Waals surface area contributed by atoms with Crippen molar-refractivity contribution in [1.82, 2.24) is 10.3 Å². The molecular formula is C14H18N2S2. The molecule has 0 saturated heterocycles. The van der Waals surface area contributed by atoms with Crippen molar-refractivity contribution in [2.45, 2.75) is 31.0 Å². The van der Waals surface area contributed by atoms with E-state index in [1.807, 2.05) is 18.7 Å². The second-order valence-electron chi connectivity index (χ2n) is 4.10. The molecule has 0 spiro atoms. The molecule has 96 valence electrons. The molecule has 1 heterocycles. The molecule has 0 aliphatic rings. The number of thioether (sulfide) groups is 1. The second kappa shape index (κ2) is 6.92. The molecule has 18 heavy (non-hydrogen) atoms. The van der Waals surface area contributed by atoms with Crippen molar-refractivity contribution in [3.63, 3.8) is 0 Å². The highest BCUT2D eigenvalue weighted by Gasteiger charge is 2.01. The van der Waals surface area contributed by atoms with Crippen molar-refractivity contribution in [3.8, 4) is 0 Å². The highest BCUT2D eigenvalue weighted by atomic mass is 32.2. The van der Waals surface area contributed by atoms with E-state index in [0.29, 0.717) is 0 Å². The Labute approximate surface area is 117 Å². The van der Waals surface area contributed by atoms with Crippen molar-refractivity contribution in [2.24, 2.45) is 0 Å². The van der Waals surface area contributed by atoms with Crippen molar-refractivity contribution in [1.29, 1.82) is 0 Å². The summed E-state index contributed by atoms with van der Waals surface area (Å²) in [4.78, 5) is 5.80. The second-order valence-corrected chi connectivity index (χ2v) is 6.09. The van der Waals surface area contributed by atoms with Gasteiger partial charge in [-0.05, 0) is 31.2 Å². The topological polar surface area (TPSA) is 24.9 Å². The standard InChI is InChI=1S/C14H18N2S2/c1-3-15-8-12-5-4-6-13(7-12)17-10-14-16-11(2)9-18-14/h4-7,9,15H,3,8,10H2,1-2H3. The third kappa shape index (κ3) is 4.12. The van der Waals surface area contributed by atoms with Gasteiger partial charge in [-0.2, -0.15) is 0 Å². The molecule has 0 aliphatic carbocycles. The average Bonchev–Trinajstić information content (AvgIpc) is 2.80. The van der Waals surface area contributed by atoms with E-state index in [0.717, 1.165) is 24.5 Å². The zero-order valence-corrected chi connectivity index (χ0v) is 12.4. The number of thiazole rings is 1. The Balaban J connectivity index is 1.92. The summed E-state index contributed by atoms with van der Waals surface area (Å²) in [5.74, 6) is 0.961. The fourth-order valence-electron chi connectivity index (χ4n) is 1.63. The number of hydrogen-bond acceptors (Lipinski definition) is 4. The summed E-state index contributed by atoms with van der Waals surface area (Å²) >= 11 is 3.60. The molecule has 0 saturated carbocycles. The van der Waals surface area contributed by atoms with E-state index in [1.54, 1.807) is 11.3 Å². The molecule has 0 fully saturated rings. The minimum atomic E-state index is 0.946. The van der Waals surface area contributed by atoms with E-state index < -0.39 is 0 Å². The predicted octanol–water partition coefficient (Wildman–Crippen LogP) is 3.85. The Morgan fingerprint density at radius 3 is 3.00 bits per heavy atom. The first-order chi connectivity index (χ1) is 8.78. The monoisotopic (exact) mass is 278 g/mol. The van der Waals surface area contributed by atoms with Crippen LogP contribution in [0.1, 0.15) is 23.2 Å². The van der Waals surface area contributed by atoms with Gasteiger partial charge in [0, 0.05) is 22.5 Å². The van der Waals surface area contributed by atoms with Crippen LogP contribution >= 0.6 is 23.1 Å². The fraction of sp³-hybridized carbons (Fsp3) is 0.357. The Kier molecular flexibility index (Phi) is 5.23. The number of aryl methyl sites for hydroxylation is 1. The molecule has 0 unspecified atom stereocenters. The van der Waals surface area contributed by atoms with E-state index >= 15 is 0 Å². The maximum atomic E-state index is 4.48. The lowest BCUT2D eigenvalue weighted by molar-refractivity contribution is 0.725. The molecule has 1 N–H and O–H groups in total.